The Morgan fingerprint density at radius 2 is 2.19 bits per heavy atom. The predicted octanol–water partition coefficient (Wildman–Crippen LogP) is 0.304. The summed E-state index contributed by atoms with van der Waals surface area (Å²) in [5.41, 5.74) is 0.223. The van der Waals surface area contributed by atoms with Gasteiger partial charge in [-0.25, -0.2) is 13.2 Å². The van der Waals surface area contributed by atoms with E-state index in [1.165, 1.54) is 18.5 Å². The number of nitrogens with one attached hydrogen (secondary N) is 1. The van der Waals surface area contributed by atoms with Crippen molar-refractivity contribution in [3.63, 3.8) is 0 Å². The fourth-order valence-corrected chi connectivity index (χ4v) is 3.95. The summed E-state index contributed by atoms with van der Waals surface area (Å²) in [6.45, 7) is -0.456. The van der Waals surface area contributed by atoms with Crippen molar-refractivity contribution in [1.82, 2.24) is 10.3 Å². The first-order chi connectivity index (χ1) is 9.85. The molecule has 1 aliphatic heterocycles. The highest BCUT2D eigenvalue weighted by molar-refractivity contribution is 9.10. The molecule has 1 unspecified atom stereocenters. The van der Waals surface area contributed by atoms with Crippen LogP contribution in [-0.4, -0.2) is 49.4 Å². The van der Waals surface area contributed by atoms with Crippen molar-refractivity contribution < 1.29 is 22.7 Å². The molecular weight excluding hydrogens is 364 g/mol. The third-order valence-corrected chi connectivity index (χ3v) is 5.07. The van der Waals surface area contributed by atoms with Crippen molar-refractivity contribution in [2.45, 2.75) is 12.5 Å². The van der Waals surface area contributed by atoms with Crippen LogP contribution in [0.4, 0.5) is 0 Å². The quantitative estimate of drug-likeness (QED) is 0.758. The Hall–Kier alpha value is -1.48. The molecule has 9 heteroatoms. The molecule has 1 fully saturated rings. The number of hydrogen-bond donors (Lipinski definition) is 1. The molecule has 0 aromatic carbocycles. The zero-order chi connectivity index (χ0) is 15.5. The summed E-state index contributed by atoms with van der Waals surface area (Å²) in [6.07, 6.45) is 3.23. The number of pyridine rings is 1. The molecule has 7 nitrogen and oxygen atoms in total. The molecule has 1 saturated heterocycles. The van der Waals surface area contributed by atoms with Gasteiger partial charge in [-0.1, -0.05) is 0 Å². The molecule has 0 radical (unpaired) electrons. The molecule has 0 saturated carbocycles. The number of carbonyl (C=O) groups is 2. The van der Waals surface area contributed by atoms with E-state index in [1.807, 2.05) is 0 Å². The maximum Gasteiger partial charge on any atom is 0.340 e. The van der Waals surface area contributed by atoms with E-state index in [0.29, 0.717) is 10.9 Å². The third-order valence-electron chi connectivity index (χ3n) is 2.87. The minimum atomic E-state index is -3.06. The number of amides is 1. The van der Waals surface area contributed by atoms with Crippen molar-refractivity contribution in [3.8, 4) is 0 Å². The standard InChI is InChI=1S/C12H13BrN2O5S/c13-9-3-8(4-14-5-9)12(17)20-6-11(16)15-10-1-2-21(18,19)7-10/h3-5,10H,1-2,6-7H2,(H,15,16). The second kappa shape index (κ2) is 6.52. The largest absolute Gasteiger partial charge is 0.452 e. The Morgan fingerprint density at radius 1 is 1.43 bits per heavy atom. The number of esters is 1. The molecule has 1 aromatic rings. The molecule has 1 atom stereocenters. The number of sulfone groups is 1. The molecule has 1 aliphatic rings. The van der Waals surface area contributed by atoms with Crippen molar-refractivity contribution in [2.75, 3.05) is 18.1 Å². The Morgan fingerprint density at radius 3 is 2.81 bits per heavy atom. The zero-order valence-corrected chi connectivity index (χ0v) is 13.3. The predicted molar refractivity (Wildman–Crippen MR) is 77.4 cm³/mol. The topological polar surface area (TPSA) is 102 Å². The van der Waals surface area contributed by atoms with Gasteiger partial charge in [0.2, 0.25) is 0 Å². The smallest absolute Gasteiger partial charge is 0.340 e. The summed E-state index contributed by atoms with van der Waals surface area (Å²) < 4.78 is 28.0. The van der Waals surface area contributed by atoms with Gasteiger partial charge < -0.3 is 10.1 Å². The molecule has 0 bridgehead atoms. The first-order valence-electron chi connectivity index (χ1n) is 6.13. The van der Waals surface area contributed by atoms with Gasteiger partial charge in [-0.05, 0) is 28.4 Å². The average Bonchev–Trinajstić information content (AvgIpc) is 2.75. The molecule has 1 N–H and O–H groups in total. The normalized spacial score (nSPS) is 20.0. The highest BCUT2D eigenvalue weighted by Gasteiger charge is 2.29. The molecule has 21 heavy (non-hydrogen) atoms. The fraction of sp³-hybridized carbons (Fsp3) is 0.417. The molecule has 1 amide bonds. The number of halogens is 1. The van der Waals surface area contributed by atoms with Crippen molar-refractivity contribution >= 4 is 37.6 Å². The van der Waals surface area contributed by atoms with Crippen LogP contribution in [0.1, 0.15) is 16.8 Å². The molecule has 114 valence electrons. The highest BCUT2D eigenvalue weighted by atomic mass is 79.9. The summed E-state index contributed by atoms with van der Waals surface area (Å²) in [5, 5.41) is 2.53. The van der Waals surface area contributed by atoms with E-state index in [4.69, 9.17) is 4.74 Å². The van der Waals surface area contributed by atoms with Gasteiger partial charge in [-0.2, -0.15) is 0 Å². The van der Waals surface area contributed by atoms with Crippen LogP contribution < -0.4 is 5.32 Å². The molecule has 0 aliphatic carbocycles. The molecular formula is C12H13BrN2O5S. The minimum absolute atomic E-state index is 0.0672. The number of aromatic nitrogens is 1. The Bertz CT molecular complexity index is 661. The van der Waals surface area contributed by atoms with Gasteiger partial charge in [0.25, 0.3) is 5.91 Å². The first kappa shape index (κ1) is 15.9. The van der Waals surface area contributed by atoms with E-state index in [0.717, 1.165) is 0 Å². The zero-order valence-electron chi connectivity index (χ0n) is 10.9. The fourth-order valence-electron chi connectivity index (χ4n) is 1.92. The number of hydrogen-bond acceptors (Lipinski definition) is 6. The van der Waals surface area contributed by atoms with E-state index in [1.54, 1.807) is 0 Å². The maximum atomic E-state index is 11.7. The monoisotopic (exact) mass is 376 g/mol. The molecule has 2 rings (SSSR count). The highest BCUT2D eigenvalue weighted by Crippen LogP contribution is 2.12. The van der Waals surface area contributed by atoms with E-state index >= 15 is 0 Å². The number of ether oxygens (including phenoxy) is 1. The summed E-state index contributed by atoms with van der Waals surface area (Å²) >= 11 is 3.17. The summed E-state index contributed by atoms with van der Waals surface area (Å²) in [6, 6.07) is 1.12. The van der Waals surface area contributed by atoms with Crippen molar-refractivity contribution in [3.05, 3.63) is 28.5 Å². The first-order valence-corrected chi connectivity index (χ1v) is 8.74. The van der Waals surface area contributed by atoms with Gasteiger partial charge in [0.05, 0.1) is 17.1 Å². The summed E-state index contributed by atoms with van der Waals surface area (Å²) in [7, 11) is -3.06. The SMILES string of the molecule is O=C(COC(=O)c1cncc(Br)c1)NC1CCS(=O)(=O)C1. The molecule has 0 spiro atoms. The van der Waals surface area contributed by atoms with E-state index in [9.17, 15) is 18.0 Å². The second-order valence-electron chi connectivity index (χ2n) is 4.64. The summed E-state index contributed by atoms with van der Waals surface area (Å²) in [5.74, 6) is -1.18. The minimum Gasteiger partial charge on any atom is -0.452 e. The lowest BCUT2D eigenvalue weighted by Crippen LogP contribution is -2.38. The Labute approximate surface area is 130 Å². The maximum absolute atomic E-state index is 11.7. The van der Waals surface area contributed by atoms with Crippen molar-refractivity contribution in [2.24, 2.45) is 0 Å². The van der Waals surface area contributed by atoms with Gasteiger partial charge in [0.15, 0.2) is 16.4 Å². The Kier molecular flexibility index (Phi) is 4.94. The van der Waals surface area contributed by atoms with Crippen molar-refractivity contribution in [1.29, 1.82) is 0 Å². The average molecular weight is 377 g/mol. The van der Waals surface area contributed by atoms with E-state index in [-0.39, 0.29) is 17.1 Å². The summed E-state index contributed by atoms with van der Waals surface area (Å²) in [4.78, 5) is 27.1. The van der Waals surface area contributed by atoms with Gasteiger partial charge >= 0.3 is 5.97 Å². The second-order valence-corrected chi connectivity index (χ2v) is 7.78. The van der Waals surface area contributed by atoms with Gasteiger partial charge in [-0.15, -0.1) is 0 Å². The lowest BCUT2D eigenvalue weighted by atomic mass is 10.2. The van der Waals surface area contributed by atoms with Crippen LogP contribution in [-0.2, 0) is 19.4 Å². The number of rotatable bonds is 4. The van der Waals surface area contributed by atoms with Crippen LogP contribution in [0.15, 0.2) is 22.9 Å². The van der Waals surface area contributed by atoms with Crippen LogP contribution in [0, 0.1) is 0 Å². The van der Waals surface area contributed by atoms with E-state index in [2.05, 4.69) is 26.2 Å². The molecule has 2 heterocycles. The van der Waals surface area contributed by atoms with E-state index < -0.39 is 34.4 Å². The van der Waals surface area contributed by atoms with Crippen LogP contribution in [0.3, 0.4) is 0 Å². The number of nitrogens with zero attached hydrogens (tertiary/aromatic N) is 1. The van der Waals surface area contributed by atoms with Gasteiger partial charge in [0, 0.05) is 22.9 Å². The van der Waals surface area contributed by atoms with Gasteiger partial charge in [0.1, 0.15) is 0 Å². The lowest BCUT2D eigenvalue weighted by Gasteiger charge is -2.11. The van der Waals surface area contributed by atoms with Crippen LogP contribution in [0.5, 0.6) is 0 Å². The van der Waals surface area contributed by atoms with Crippen LogP contribution in [0.2, 0.25) is 0 Å². The van der Waals surface area contributed by atoms with Crippen LogP contribution >= 0.6 is 15.9 Å². The van der Waals surface area contributed by atoms with Gasteiger partial charge in [-0.3, -0.25) is 9.78 Å². The molecule has 1 aromatic heterocycles. The van der Waals surface area contributed by atoms with Crippen LogP contribution in [0.25, 0.3) is 0 Å². The number of carbonyl (C=O) groups excluding carboxylic acids is 2. The lowest BCUT2D eigenvalue weighted by molar-refractivity contribution is -0.124. The third kappa shape index (κ3) is 4.78. The Balaban J connectivity index is 1.80.